The Hall–Kier alpha value is -0.830. The van der Waals surface area contributed by atoms with Gasteiger partial charge in [-0.3, -0.25) is 0 Å². The smallest absolute Gasteiger partial charge is 0.141 e. The van der Waals surface area contributed by atoms with E-state index < -0.39 is 0 Å². The van der Waals surface area contributed by atoms with E-state index >= 15 is 0 Å². The van der Waals surface area contributed by atoms with Gasteiger partial charge in [0.15, 0.2) is 0 Å². The Balaban J connectivity index is 0.000000531. The standard InChI is InChI=1S/C10H16N2O.C2H6/c1-8-6-10(13-11-8)9-4-3-5-12(2)7-9;1-2/h6,9H,3-5,7H2,1-2H3;1-2H3. The summed E-state index contributed by atoms with van der Waals surface area (Å²) in [4.78, 5) is 2.35. The summed E-state index contributed by atoms with van der Waals surface area (Å²) in [5.41, 5.74) is 0.989. The molecule has 3 nitrogen and oxygen atoms in total. The first kappa shape index (κ1) is 12.2. The van der Waals surface area contributed by atoms with Crippen LogP contribution in [0.25, 0.3) is 0 Å². The highest BCUT2D eigenvalue weighted by atomic mass is 16.5. The summed E-state index contributed by atoms with van der Waals surface area (Å²) in [5, 5.41) is 3.92. The number of likely N-dealkylation sites (N-methyl/N-ethyl adjacent to an activating group) is 1. The van der Waals surface area contributed by atoms with E-state index in [9.17, 15) is 0 Å². The van der Waals surface area contributed by atoms with Crippen molar-refractivity contribution in [2.45, 2.75) is 39.5 Å². The lowest BCUT2D eigenvalue weighted by molar-refractivity contribution is 0.223. The second kappa shape index (κ2) is 5.91. The minimum Gasteiger partial charge on any atom is -0.361 e. The van der Waals surface area contributed by atoms with Crippen molar-refractivity contribution < 1.29 is 4.52 Å². The zero-order valence-corrected chi connectivity index (χ0v) is 10.3. The van der Waals surface area contributed by atoms with Crippen molar-refractivity contribution in [3.8, 4) is 0 Å². The van der Waals surface area contributed by atoms with E-state index in [1.807, 2.05) is 20.8 Å². The van der Waals surface area contributed by atoms with Gasteiger partial charge < -0.3 is 9.42 Å². The zero-order chi connectivity index (χ0) is 11.3. The molecule has 1 unspecified atom stereocenters. The van der Waals surface area contributed by atoms with Crippen molar-refractivity contribution in [1.82, 2.24) is 10.1 Å². The van der Waals surface area contributed by atoms with E-state index in [1.54, 1.807) is 0 Å². The summed E-state index contributed by atoms with van der Waals surface area (Å²) < 4.78 is 5.28. The zero-order valence-electron chi connectivity index (χ0n) is 10.3. The number of piperidine rings is 1. The van der Waals surface area contributed by atoms with Gasteiger partial charge in [-0.05, 0) is 33.4 Å². The maximum absolute atomic E-state index is 5.28. The van der Waals surface area contributed by atoms with Gasteiger partial charge in [0, 0.05) is 18.5 Å². The molecule has 0 aliphatic carbocycles. The molecule has 1 atom stereocenters. The minimum atomic E-state index is 0.556. The van der Waals surface area contributed by atoms with Gasteiger partial charge in [-0.1, -0.05) is 19.0 Å². The SMILES string of the molecule is CC.Cc1cc(C2CCCN(C)C2)on1. The number of aryl methyl sites for hydroxylation is 1. The number of likely N-dealkylation sites (tertiary alicyclic amines) is 1. The van der Waals surface area contributed by atoms with Crippen LogP contribution in [0.3, 0.4) is 0 Å². The molecule has 0 aromatic carbocycles. The van der Waals surface area contributed by atoms with Crippen molar-refractivity contribution in [3.63, 3.8) is 0 Å². The first-order chi connectivity index (χ1) is 7.25. The normalized spacial score (nSPS) is 22.0. The van der Waals surface area contributed by atoms with Crippen molar-refractivity contribution in [1.29, 1.82) is 0 Å². The van der Waals surface area contributed by atoms with Gasteiger partial charge in [0.1, 0.15) is 5.76 Å². The molecule has 1 aromatic rings. The lowest BCUT2D eigenvalue weighted by Gasteiger charge is -2.27. The summed E-state index contributed by atoms with van der Waals surface area (Å²) in [6.45, 7) is 8.29. The number of aromatic nitrogens is 1. The van der Waals surface area contributed by atoms with Crippen molar-refractivity contribution in [3.05, 3.63) is 17.5 Å². The van der Waals surface area contributed by atoms with E-state index in [0.29, 0.717) is 5.92 Å². The molecule has 3 heteroatoms. The fourth-order valence-electron chi connectivity index (χ4n) is 1.97. The van der Waals surface area contributed by atoms with Gasteiger partial charge in [0.05, 0.1) is 5.69 Å². The molecule has 0 saturated carbocycles. The van der Waals surface area contributed by atoms with Crippen LogP contribution in [0.1, 0.15) is 44.1 Å². The third-order valence-corrected chi connectivity index (χ3v) is 2.67. The third-order valence-electron chi connectivity index (χ3n) is 2.67. The van der Waals surface area contributed by atoms with Crippen molar-refractivity contribution in [2.75, 3.05) is 20.1 Å². The maximum Gasteiger partial charge on any atom is 0.141 e. The molecular weight excluding hydrogens is 188 g/mol. The molecule has 1 aliphatic heterocycles. The van der Waals surface area contributed by atoms with E-state index in [0.717, 1.165) is 18.0 Å². The average molecular weight is 210 g/mol. The number of nitrogens with zero attached hydrogens (tertiary/aromatic N) is 2. The van der Waals surface area contributed by atoms with E-state index in [1.165, 1.54) is 19.4 Å². The Kier molecular flexibility index (Phi) is 4.82. The Bertz CT molecular complexity index is 283. The van der Waals surface area contributed by atoms with Gasteiger partial charge >= 0.3 is 0 Å². The highest BCUT2D eigenvalue weighted by Gasteiger charge is 2.21. The first-order valence-electron chi connectivity index (χ1n) is 5.87. The Labute approximate surface area is 92.4 Å². The third kappa shape index (κ3) is 3.34. The molecular formula is C12H22N2O. The van der Waals surface area contributed by atoms with E-state index in [-0.39, 0.29) is 0 Å². The fraction of sp³-hybridized carbons (Fsp3) is 0.750. The lowest BCUT2D eigenvalue weighted by Crippen LogP contribution is -2.30. The van der Waals surface area contributed by atoms with Gasteiger partial charge in [-0.2, -0.15) is 0 Å². The molecule has 1 aromatic heterocycles. The van der Waals surface area contributed by atoms with Crippen LogP contribution in [0.2, 0.25) is 0 Å². The fourth-order valence-corrected chi connectivity index (χ4v) is 1.97. The summed E-state index contributed by atoms with van der Waals surface area (Å²) in [7, 11) is 2.16. The van der Waals surface area contributed by atoms with Crippen LogP contribution in [-0.4, -0.2) is 30.2 Å². The predicted molar refractivity (Wildman–Crippen MR) is 62.1 cm³/mol. The van der Waals surface area contributed by atoms with Gasteiger partial charge in [-0.25, -0.2) is 0 Å². The monoisotopic (exact) mass is 210 g/mol. The molecule has 0 amide bonds. The predicted octanol–water partition coefficient (Wildman–Crippen LogP) is 2.82. The number of hydrogen-bond acceptors (Lipinski definition) is 3. The molecule has 15 heavy (non-hydrogen) atoms. The van der Waals surface area contributed by atoms with Crippen LogP contribution < -0.4 is 0 Å². The second-order valence-electron chi connectivity index (χ2n) is 3.97. The van der Waals surface area contributed by atoms with Crippen LogP contribution in [0.5, 0.6) is 0 Å². The van der Waals surface area contributed by atoms with E-state index in [4.69, 9.17) is 4.52 Å². The van der Waals surface area contributed by atoms with Crippen molar-refractivity contribution in [2.24, 2.45) is 0 Å². The van der Waals surface area contributed by atoms with Crippen LogP contribution in [0.15, 0.2) is 10.6 Å². The largest absolute Gasteiger partial charge is 0.361 e. The summed E-state index contributed by atoms with van der Waals surface area (Å²) >= 11 is 0. The first-order valence-corrected chi connectivity index (χ1v) is 5.87. The van der Waals surface area contributed by atoms with Gasteiger partial charge in [0.25, 0.3) is 0 Å². The molecule has 0 bridgehead atoms. The summed E-state index contributed by atoms with van der Waals surface area (Å²) in [6, 6.07) is 2.06. The molecule has 0 N–H and O–H groups in total. The molecule has 1 fully saturated rings. The molecule has 0 spiro atoms. The molecule has 2 rings (SSSR count). The van der Waals surface area contributed by atoms with Crippen molar-refractivity contribution >= 4 is 0 Å². The molecule has 86 valence electrons. The Morgan fingerprint density at radius 3 is 2.73 bits per heavy atom. The number of hydrogen-bond donors (Lipinski definition) is 0. The van der Waals surface area contributed by atoms with Gasteiger partial charge in [0.2, 0.25) is 0 Å². The topological polar surface area (TPSA) is 29.3 Å². The molecule has 1 aliphatic rings. The Morgan fingerprint density at radius 1 is 1.47 bits per heavy atom. The highest BCUT2D eigenvalue weighted by molar-refractivity contribution is 5.09. The average Bonchev–Trinajstić information content (AvgIpc) is 2.68. The van der Waals surface area contributed by atoms with Crippen LogP contribution in [-0.2, 0) is 0 Å². The van der Waals surface area contributed by atoms with Crippen LogP contribution in [0, 0.1) is 6.92 Å². The number of rotatable bonds is 1. The quantitative estimate of drug-likeness (QED) is 0.713. The van der Waals surface area contributed by atoms with E-state index in [2.05, 4.69) is 23.2 Å². The minimum absolute atomic E-state index is 0.556. The lowest BCUT2D eigenvalue weighted by atomic mass is 9.96. The van der Waals surface area contributed by atoms with Gasteiger partial charge in [-0.15, -0.1) is 0 Å². The highest BCUT2D eigenvalue weighted by Crippen LogP contribution is 2.26. The Morgan fingerprint density at radius 2 is 2.20 bits per heavy atom. The second-order valence-corrected chi connectivity index (χ2v) is 3.97. The van der Waals surface area contributed by atoms with Crippen LogP contribution >= 0.6 is 0 Å². The summed E-state index contributed by atoms with van der Waals surface area (Å²) in [5.74, 6) is 1.61. The molecule has 0 radical (unpaired) electrons. The van der Waals surface area contributed by atoms with Crippen LogP contribution in [0.4, 0.5) is 0 Å². The molecule has 1 saturated heterocycles. The molecule has 2 heterocycles. The summed E-state index contributed by atoms with van der Waals surface area (Å²) in [6.07, 6.45) is 2.50. The maximum atomic E-state index is 5.28.